The minimum Gasteiger partial charge on any atom is -0.437 e. The number of nitrogens with one attached hydrogen (secondary N) is 2. The molecule has 3 aromatic rings. The topological polar surface area (TPSA) is 137 Å². The molecule has 2 atom stereocenters. The van der Waals surface area contributed by atoms with E-state index in [9.17, 15) is 24.2 Å². The van der Waals surface area contributed by atoms with E-state index in [4.69, 9.17) is 20.9 Å². The smallest absolute Gasteiger partial charge is 0.414 e. The van der Waals surface area contributed by atoms with Crippen LogP contribution in [-0.2, 0) is 11.3 Å². The number of aromatic nitrogens is 1. The lowest BCUT2D eigenvalue weighted by atomic mass is 10.2. The summed E-state index contributed by atoms with van der Waals surface area (Å²) in [6, 6.07) is 14.3. The number of ether oxygens (including phenoxy) is 1. The summed E-state index contributed by atoms with van der Waals surface area (Å²) < 4.78 is 25.1. The molecule has 3 amide bonds. The van der Waals surface area contributed by atoms with Gasteiger partial charge in [0.2, 0.25) is 5.88 Å². The molecule has 4 N–H and O–H groups in total. The maximum absolute atomic E-state index is 13.6. The highest BCUT2D eigenvalue weighted by Gasteiger charge is 2.17. The second kappa shape index (κ2) is 13.0. The van der Waals surface area contributed by atoms with Gasteiger partial charge in [0, 0.05) is 25.2 Å². The highest BCUT2D eigenvalue weighted by Crippen LogP contribution is 2.23. The van der Waals surface area contributed by atoms with Crippen LogP contribution in [0.5, 0.6) is 0 Å². The molecule has 0 aliphatic rings. The Kier molecular flexibility index (Phi) is 9.82. The molecule has 192 valence electrons. The van der Waals surface area contributed by atoms with E-state index in [1.54, 1.807) is 6.07 Å². The molecule has 2 aromatic carbocycles. The fraction of sp³-hybridized carbons (Fsp3) is 0.217. The third-order valence-corrected chi connectivity index (χ3v) is 7.00. The van der Waals surface area contributed by atoms with Crippen LogP contribution in [0, 0.1) is 5.82 Å². The third kappa shape index (κ3) is 7.52. The number of hydrogen-bond acceptors (Lipinski definition) is 7. The van der Waals surface area contributed by atoms with E-state index in [2.05, 4.69) is 15.8 Å². The standard InChI is InChI=1S/C23H24ClFN4O6S/c1-29(22(32)26-11-16-8-5-9-18(25)21(16)24)36(13-17(31)12-30)14-34-23(33)27-20-10-19(28-35-20)15-6-3-2-4-7-15/h2-10,13,17,30-31H,11-12,14H2,1H3,(H,26,32)(H,27,33)/t17-,36?/m0/s1. The summed E-state index contributed by atoms with van der Waals surface area (Å²) in [6.07, 6.45) is -2.15. The van der Waals surface area contributed by atoms with Crippen molar-refractivity contribution in [2.75, 3.05) is 24.9 Å². The van der Waals surface area contributed by atoms with E-state index in [0.29, 0.717) is 11.3 Å². The second-order valence-corrected chi connectivity index (χ2v) is 9.51. The summed E-state index contributed by atoms with van der Waals surface area (Å²) in [4.78, 5) is 24.9. The van der Waals surface area contributed by atoms with Crippen molar-refractivity contribution >= 4 is 45.6 Å². The highest BCUT2D eigenvalue weighted by atomic mass is 35.5. The Balaban J connectivity index is 1.60. The summed E-state index contributed by atoms with van der Waals surface area (Å²) in [6.45, 7) is -0.652. The SMILES string of the molecule is CN(C(=O)NCc1cccc(F)c1Cl)/S(=C/[C@@H](O)CO)COC(=O)Nc1cc(-c2ccccc2)no1. The van der Waals surface area contributed by atoms with Crippen molar-refractivity contribution in [2.45, 2.75) is 12.6 Å². The van der Waals surface area contributed by atoms with Crippen LogP contribution in [0.4, 0.5) is 19.9 Å². The Morgan fingerprint density at radius 3 is 2.75 bits per heavy atom. The van der Waals surface area contributed by atoms with Crippen molar-refractivity contribution in [3.8, 4) is 11.3 Å². The Morgan fingerprint density at radius 2 is 2.03 bits per heavy atom. The number of rotatable bonds is 9. The Bertz CT molecular complexity index is 1230. The minimum atomic E-state index is -1.27. The molecule has 0 aliphatic heterocycles. The van der Waals surface area contributed by atoms with Crippen LogP contribution in [0.3, 0.4) is 0 Å². The molecular formula is C23H24ClFN4O6S. The predicted octanol–water partition coefficient (Wildman–Crippen LogP) is 3.82. The number of nitrogens with zero attached hydrogens (tertiary/aromatic N) is 2. The van der Waals surface area contributed by atoms with Crippen LogP contribution in [0.2, 0.25) is 5.02 Å². The van der Waals surface area contributed by atoms with Gasteiger partial charge in [-0.05, 0) is 17.0 Å². The molecule has 10 nitrogen and oxygen atoms in total. The van der Waals surface area contributed by atoms with Gasteiger partial charge in [0.1, 0.15) is 17.6 Å². The average molecular weight is 539 g/mol. The molecule has 0 bridgehead atoms. The van der Waals surface area contributed by atoms with Crippen LogP contribution < -0.4 is 10.6 Å². The Hall–Kier alpha value is -3.45. The number of urea groups is 1. The molecule has 36 heavy (non-hydrogen) atoms. The number of amides is 3. The summed E-state index contributed by atoms with van der Waals surface area (Å²) in [7, 11) is 0.163. The minimum absolute atomic E-state index is 0.0520. The molecule has 1 heterocycles. The van der Waals surface area contributed by atoms with Crippen LogP contribution >= 0.6 is 22.3 Å². The molecular weight excluding hydrogens is 515 g/mol. The first kappa shape index (κ1) is 27.1. The fourth-order valence-electron chi connectivity index (χ4n) is 2.84. The Morgan fingerprint density at radius 1 is 1.28 bits per heavy atom. The lowest BCUT2D eigenvalue weighted by Gasteiger charge is -2.23. The number of halogens is 2. The van der Waals surface area contributed by atoms with Crippen molar-refractivity contribution in [3.63, 3.8) is 0 Å². The van der Waals surface area contributed by atoms with E-state index in [1.165, 1.54) is 34.9 Å². The number of anilines is 1. The van der Waals surface area contributed by atoms with Gasteiger partial charge in [0.25, 0.3) is 0 Å². The Labute approximate surface area is 213 Å². The molecule has 0 aliphatic carbocycles. The van der Waals surface area contributed by atoms with E-state index in [1.807, 2.05) is 30.3 Å². The third-order valence-electron chi connectivity index (χ3n) is 4.72. The lowest BCUT2D eigenvalue weighted by molar-refractivity contribution is 0.149. The number of aliphatic hydroxyl groups is 2. The molecule has 0 spiro atoms. The number of hydrogen-bond donors (Lipinski definition) is 4. The molecule has 0 saturated heterocycles. The van der Waals surface area contributed by atoms with Gasteiger partial charge >= 0.3 is 12.1 Å². The van der Waals surface area contributed by atoms with E-state index < -0.39 is 41.3 Å². The van der Waals surface area contributed by atoms with Gasteiger partial charge in [0.15, 0.2) is 5.94 Å². The zero-order chi connectivity index (χ0) is 26.1. The maximum Gasteiger partial charge on any atom is 0.414 e. The molecule has 3 rings (SSSR count). The number of aliphatic hydroxyl groups excluding tert-OH is 2. The average Bonchev–Trinajstić information content (AvgIpc) is 3.35. The van der Waals surface area contributed by atoms with E-state index >= 15 is 0 Å². The van der Waals surface area contributed by atoms with Crippen molar-refractivity contribution < 1.29 is 33.5 Å². The van der Waals surface area contributed by atoms with Crippen molar-refractivity contribution in [3.05, 3.63) is 71.0 Å². The molecule has 0 saturated carbocycles. The van der Waals surface area contributed by atoms with Gasteiger partial charge < -0.3 is 24.8 Å². The van der Waals surface area contributed by atoms with Gasteiger partial charge in [-0.1, -0.05) is 69.9 Å². The number of carbonyl (C=O) groups is 2. The predicted molar refractivity (Wildman–Crippen MR) is 135 cm³/mol. The van der Waals surface area contributed by atoms with Crippen LogP contribution in [0.15, 0.2) is 59.1 Å². The van der Waals surface area contributed by atoms with Crippen LogP contribution in [0.1, 0.15) is 5.56 Å². The van der Waals surface area contributed by atoms with Gasteiger partial charge in [-0.15, -0.1) is 0 Å². The van der Waals surface area contributed by atoms with E-state index in [0.717, 1.165) is 5.56 Å². The summed E-state index contributed by atoms with van der Waals surface area (Å²) in [5.41, 5.74) is 1.68. The number of carbonyl (C=O) groups excluding carboxylic acids is 2. The monoisotopic (exact) mass is 538 g/mol. The molecule has 0 radical (unpaired) electrons. The molecule has 1 unspecified atom stereocenters. The van der Waals surface area contributed by atoms with Crippen molar-refractivity contribution in [1.29, 1.82) is 0 Å². The van der Waals surface area contributed by atoms with E-state index in [-0.39, 0.29) is 23.4 Å². The van der Waals surface area contributed by atoms with Gasteiger partial charge in [-0.25, -0.2) is 14.0 Å². The second-order valence-electron chi connectivity index (χ2n) is 7.27. The summed E-state index contributed by atoms with van der Waals surface area (Å²) >= 11 is 5.91. The summed E-state index contributed by atoms with van der Waals surface area (Å²) in [5, 5.41) is 29.1. The molecule has 13 heteroatoms. The zero-order valence-electron chi connectivity index (χ0n) is 19.1. The summed E-state index contributed by atoms with van der Waals surface area (Å²) in [5.74, 6) is -0.887. The van der Waals surface area contributed by atoms with Gasteiger partial charge in [-0.2, -0.15) is 0 Å². The van der Waals surface area contributed by atoms with Crippen LogP contribution in [0.25, 0.3) is 11.3 Å². The first-order valence-corrected chi connectivity index (χ1v) is 12.3. The molecule has 1 aromatic heterocycles. The highest BCUT2D eigenvalue weighted by molar-refractivity contribution is 8.13. The largest absolute Gasteiger partial charge is 0.437 e. The van der Waals surface area contributed by atoms with Gasteiger partial charge in [0.05, 0.1) is 11.6 Å². The lowest BCUT2D eigenvalue weighted by Crippen LogP contribution is -2.35. The maximum atomic E-state index is 13.6. The van der Waals surface area contributed by atoms with Crippen molar-refractivity contribution in [2.24, 2.45) is 0 Å². The first-order valence-electron chi connectivity index (χ1n) is 10.5. The normalized spacial score (nSPS) is 12.6. The fourth-order valence-corrected chi connectivity index (χ4v) is 4.40. The quantitative estimate of drug-likeness (QED) is 0.304. The van der Waals surface area contributed by atoms with Crippen molar-refractivity contribution in [1.82, 2.24) is 14.8 Å². The molecule has 0 fully saturated rings. The number of benzene rings is 2. The first-order chi connectivity index (χ1) is 17.3. The van der Waals surface area contributed by atoms with Crippen LogP contribution in [-0.4, -0.2) is 62.9 Å². The van der Waals surface area contributed by atoms with Gasteiger partial charge in [-0.3, -0.25) is 9.62 Å². The zero-order valence-corrected chi connectivity index (χ0v) is 20.6.